The van der Waals surface area contributed by atoms with Crippen LogP contribution < -0.4 is 0 Å². The van der Waals surface area contributed by atoms with E-state index in [0.29, 0.717) is 6.61 Å². The SMILES string of the molecule is CCOC(=O)N1CCN(Cc2c(Br)c(CC)nn2C)CC1. The Hall–Kier alpha value is -1.08. The summed E-state index contributed by atoms with van der Waals surface area (Å²) >= 11 is 3.65. The number of rotatable bonds is 4. The molecule has 0 radical (unpaired) electrons. The lowest BCUT2D eigenvalue weighted by atomic mass is 10.2. The molecule has 2 heterocycles. The lowest BCUT2D eigenvalue weighted by Gasteiger charge is -2.33. The Balaban J connectivity index is 1.92. The fraction of sp³-hybridized carbons (Fsp3) is 0.714. The Kier molecular flexibility index (Phi) is 5.64. The Bertz CT molecular complexity index is 495. The van der Waals surface area contributed by atoms with Crippen LogP contribution in [0.5, 0.6) is 0 Å². The van der Waals surface area contributed by atoms with Gasteiger partial charge in [0.05, 0.1) is 22.5 Å². The van der Waals surface area contributed by atoms with Crippen molar-refractivity contribution >= 4 is 22.0 Å². The third-order valence-electron chi connectivity index (χ3n) is 3.77. The minimum absolute atomic E-state index is 0.202. The van der Waals surface area contributed by atoms with Gasteiger partial charge in [0.2, 0.25) is 0 Å². The highest BCUT2D eigenvalue weighted by atomic mass is 79.9. The zero-order chi connectivity index (χ0) is 15.4. The summed E-state index contributed by atoms with van der Waals surface area (Å²) in [7, 11) is 1.98. The van der Waals surface area contributed by atoms with Crippen LogP contribution in [0, 0.1) is 0 Å². The first-order chi connectivity index (χ1) is 10.1. The number of hydrogen-bond acceptors (Lipinski definition) is 4. The Morgan fingerprint density at radius 1 is 1.29 bits per heavy atom. The predicted octanol–water partition coefficient (Wildman–Crippen LogP) is 2.02. The molecule has 6 nitrogen and oxygen atoms in total. The van der Waals surface area contributed by atoms with Crippen LogP contribution >= 0.6 is 15.9 Å². The van der Waals surface area contributed by atoms with Crippen LogP contribution in [0.1, 0.15) is 25.2 Å². The second-order valence-corrected chi connectivity index (χ2v) is 5.94. The molecule has 0 N–H and O–H groups in total. The summed E-state index contributed by atoms with van der Waals surface area (Å²) in [6.45, 7) is 8.37. The van der Waals surface area contributed by atoms with E-state index in [1.54, 1.807) is 4.90 Å². The lowest BCUT2D eigenvalue weighted by Crippen LogP contribution is -2.48. The van der Waals surface area contributed by atoms with Gasteiger partial charge >= 0.3 is 6.09 Å². The first-order valence-corrected chi connectivity index (χ1v) is 8.20. The summed E-state index contributed by atoms with van der Waals surface area (Å²) in [5.74, 6) is 0. The maximum absolute atomic E-state index is 11.7. The van der Waals surface area contributed by atoms with Gasteiger partial charge in [-0.2, -0.15) is 5.10 Å². The van der Waals surface area contributed by atoms with Crippen molar-refractivity contribution in [3.8, 4) is 0 Å². The third kappa shape index (κ3) is 3.77. The van der Waals surface area contributed by atoms with Crippen molar-refractivity contribution in [2.45, 2.75) is 26.8 Å². The summed E-state index contributed by atoms with van der Waals surface area (Å²) in [4.78, 5) is 15.8. The zero-order valence-corrected chi connectivity index (χ0v) is 14.5. The summed E-state index contributed by atoms with van der Waals surface area (Å²) in [5, 5.41) is 4.52. The van der Waals surface area contributed by atoms with Crippen LogP contribution in [0.15, 0.2) is 4.47 Å². The summed E-state index contributed by atoms with van der Waals surface area (Å²) in [6, 6.07) is 0. The number of hydrogen-bond donors (Lipinski definition) is 0. The van der Waals surface area contributed by atoms with Gasteiger partial charge in [0.1, 0.15) is 0 Å². The van der Waals surface area contributed by atoms with Crippen LogP contribution in [-0.2, 0) is 24.8 Å². The van der Waals surface area contributed by atoms with Gasteiger partial charge in [-0.1, -0.05) is 6.92 Å². The average molecular weight is 359 g/mol. The monoisotopic (exact) mass is 358 g/mol. The first-order valence-electron chi connectivity index (χ1n) is 7.41. The minimum Gasteiger partial charge on any atom is -0.450 e. The van der Waals surface area contributed by atoms with Crippen molar-refractivity contribution in [2.75, 3.05) is 32.8 Å². The minimum atomic E-state index is -0.202. The van der Waals surface area contributed by atoms with Crippen LogP contribution in [0.2, 0.25) is 0 Å². The smallest absolute Gasteiger partial charge is 0.409 e. The number of ether oxygens (including phenoxy) is 1. The molecular formula is C14H23BrN4O2. The van der Waals surface area contributed by atoms with Crippen molar-refractivity contribution in [1.82, 2.24) is 19.6 Å². The normalized spacial score (nSPS) is 16.3. The van der Waals surface area contributed by atoms with Gasteiger partial charge in [0.25, 0.3) is 0 Å². The molecule has 0 atom stereocenters. The Morgan fingerprint density at radius 3 is 2.48 bits per heavy atom. The predicted molar refractivity (Wildman–Crippen MR) is 84.2 cm³/mol. The van der Waals surface area contributed by atoms with E-state index in [1.807, 2.05) is 18.7 Å². The van der Waals surface area contributed by atoms with Crippen molar-refractivity contribution < 1.29 is 9.53 Å². The second kappa shape index (κ2) is 7.26. The molecule has 0 unspecified atom stereocenters. The molecule has 0 aromatic carbocycles. The van der Waals surface area contributed by atoms with E-state index in [9.17, 15) is 4.79 Å². The number of nitrogens with zero attached hydrogens (tertiary/aromatic N) is 4. The molecule has 118 valence electrons. The van der Waals surface area contributed by atoms with E-state index in [4.69, 9.17) is 4.74 Å². The van der Waals surface area contributed by atoms with Crippen molar-refractivity contribution in [1.29, 1.82) is 0 Å². The average Bonchev–Trinajstić information content (AvgIpc) is 2.75. The molecule has 21 heavy (non-hydrogen) atoms. The maximum Gasteiger partial charge on any atom is 0.409 e. The van der Waals surface area contributed by atoms with E-state index in [2.05, 4.69) is 32.9 Å². The van der Waals surface area contributed by atoms with Gasteiger partial charge in [-0.25, -0.2) is 4.79 Å². The highest BCUT2D eigenvalue weighted by Gasteiger charge is 2.23. The van der Waals surface area contributed by atoms with E-state index in [0.717, 1.165) is 49.3 Å². The van der Waals surface area contributed by atoms with Crippen LogP contribution in [-0.4, -0.2) is 58.5 Å². The maximum atomic E-state index is 11.7. The molecule has 1 aromatic heterocycles. The van der Waals surface area contributed by atoms with Gasteiger partial charge in [0, 0.05) is 39.8 Å². The number of carbonyl (C=O) groups is 1. The standard InChI is InChI=1S/C14H23BrN4O2/c1-4-11-13(15)12(17(3)16-11)10-18-6-8-19(9-7-18)14(20)21-5-2/h4-10H2,1-3H3. The van der Waals surface area contributed by atoms with Gasteiger partial charge in [-0.05, 0) is 29.3 Å². The van der Waals surface area contributed by atoms with Crippen molar-refractivity contribution in [3.05, 3.63) is 15.9 Å². The zero-order valence-electron chi connectivity index (χ0n) is 12.9. The number of aromatic nitrogens is 2. The topological polar surface area (TPSA) is 50.6 Å². The Morgan fingerprint density at radius 2 is 1.95 bits per heavy atom. The molecule has 1 saturated heterocycles. The molecule has 0 saturated carbocycles. The van der Waals surface area contributed by atoms with Crippen LogP contribution in [0.4, 0.5) is 4.79 Å². The summed E-state index contributed by atoms with van der Waals surface area (Å²) in [5.41, 5.74) is 2.29. The Labute approximate surface area is 134 Å². The highest BCUT2D eigenvalue weighted by molar-refractivity contribution is 9.10. The number of halogens is 1. The van der Waals surface area contributed by atoms with Gasteiger partial charge in [-0.3, -0.25) is 9.58 Å². The highest BCUT2D eigenvalue weighted by Crippen LogP contribution is 2.23. The molecule has 1 fully saturated rings. The molecule has 1 aromatic rings. The molecule has 2 rings (SSSR count). The van der Waals surface area contributed by atoms with E-state index in [1.165, 1.54) is 5.69 Å². The molecule has 1 aliphatic heterocycles. The number of piperazine rings is 1. The molecule has 1 aliphatic rings. The first kappa shape index (κ1) is 16.3. The number of aryl methyl sites for hydroxylation is 2. The van der Waals surface area contributed by atoms with E-state index >= 15 is 0 Å². The molecular weight excluding hydrogens is 336 g/mol. The molecule has 0 bridgehead atoms. The third-order valence-corrected chi connectivity index (χ3v) is 4.69. The fourth-order valence-electron chi connectivity index (χ4n) is 2.51. The molecule has 1 amide bonds. The molecule has 0 aliphatic carbocycles. The molecule has 7 heteroatoms. The number of amides is 1. The second-order valence-electron chi connectivity index (χ2n) is 5.15. The lowest BCUT2D eigenvalue weighted by molar-refractivity contribution is 0.0771. The largest absolute Gasteiger partial charge is 0.450 e. The van der Waals surface area contributed by atoms with Gasteiger partial charge < -0.3 is 9.64 Å². The van der Waals surface area contributed by atoms with Gasteiger partial charge in [0.15, 0.2) is 0 Å². The van der Waals surface area contributed by atoms with Crippen molar-refractivity contribution in [3.63, 3.8) is 0 Å². The summed E-state index contributed by atoms with van der Waals surface area (Å²) in [6.07, 6.45) is 0.720. The quantitative estimate of drug-likeness (QED) is 0.826. The van der Waals surface area contributed by atoms with Crippen LogP contribution in [0.25, 0.3) is 0 Å². The number of carbonyl (C=O) groups excluding carboxylic acids is 1. The van der Waals surface area contributed by atoms with E-state index in [-0.39, 0.29) is 6.09 Å². The van der Waals surface area contributed by atoms with Gasteiger partial charge in [-0.15, -0.1) is 0 Å². The molecule has 0 spiro atoms. The van der Waals surface area contributed by atoms with Crippen molar-refractivity contribution in [2.24, 2.45) is 7.05 Å². The summed E-state index contributed by atoms with van der Waals surface area (Å²) < 4.78 is 8.09. The van der Waals surface area contributed by atoms with E-state index < -0.39 is 0 Å². The van der Waals surface area contributed by atoms with Crippen LogP contribution in [0.3, 0.4) is 0 Å². The fourth-order valence-corrected chi connectivity index (χ4v) is 3.25.